The van der Waals surface area contributed by atoms with Gasteiger partial charge < -0.3 is 4.90 Å². The number of aromatic amines is 1. The third kappa shape index (κ3) is 1.88. The van der Waals surface area contributed by atoms with Gasteiger partial charge in [0.2, 0.25) is 5.95 Å². The number of nitrogens with zero attached hydrogens (tertiary/aromatic N) is 3. The van der Waals surface area contributed by atoms with Crippen molar-refractivity contribution < 1.29 is 0 Å². The normalized spacial score (nSPS) is 16.4. The second kappa shape index (κ2) is 4.16. The molecule has 3 rings (SSSR count). The Morgan fingerprint density at radius 2 is 2.06 bits per heavy atom. The largest absolute Gasteiger partial charge is 0.342 e. The fourth-order valence-corrected chi connectivity index (χ4v) is 2.23. The number of rotatable bonds is 1. The fraction of sp³-hybridized carbons (Fsp3) is 0.417. The lowest BCUT2D eigenvalue weighted by atomic mass is 10.1. The molecule has 3 heterocycles. The van der Waals surface area contributed by atoms with Gasteiger partial charge in [-0.05, 0) is 25.3 Å². The van der Waals surface area contributed by atoms with Crippen molar-refractivity contribution in [3.63, 3.8) is 0 Å². The van der Waals surface area contributed by atoms with Gasteiger partial charge in [-0.15, -0.1) is 0 Å². The molecule has 5 heteroatoms. The van der Waals surface area contributed by atoms with Crippen LogP contribution < -0.4 is 10.5 Å². The summed E-state index contributed by atoms with van der Waals surface area (Å²) in [5.74, 6) is 0.676. The predicted octanol–water partition coefficient (Wildman–Crippen LogP) is 1.31. The summed E-state index contributed by atoms with van der Waals surface area (Å²) in [6, 6.07) is 1.70. The molecule has 2 aromatic heterocycles. The quantitative estimate of drug-likeness (QED) is 0.802. The molecule has 0 atom stereocenters. The van der Waals surface area contributed by atoms with Gasteiger partial charge in [0.05, 0.1) is 17.1 Å². The van der Waals surface area contributed by atoms with E-state index in [1.165, 1.54) is 6.42 Å². The first-order valence-electron chi connectivity index (χ1n) is 5.93. The van der Waals surface area contributed by atoms with Crippen LogP contribution in [0.5, 0.6) is 0 Å². The molecule has 2 aromatic rings. The van der Waals surface area contributed by atoms with Gasteiger partial charge in [-0.25, -0.2) is 4.98 Å². The number of nitrogens with one attached hydrogen (secondary N) is 1. The van der Waals surface area contributed by atoms with Crippen LogP contribution in [0, 0.1) is 0 Å². The topological polar surface area (TPSA) is 61.9 Å². The maximum atomic E-state index is 11.9. The van der Waals surface area contributed by atoms with Gasteiger partial charge in [0.25, 0.3) is 5.56 Å². The Balaban J connectivity index is 2.08. The Hall–Kier alpha value is -1.91. The summed E-state index contributed by atoms with van der Waals surface area (Å²) in [4.78, 5) is 25.4. The summed E-state index contributed by atoms with van der Waals surface area (Å²) >= 11 is 0. The van der Waals surface area contributed by atoms with Crippen LogP contribution in [0.3, 0.4) is 0 Å². The minimum absolute atomic E-state index is 0.0852. The molecule has 17 heavy (non-hydrogen) atoms. The summed E-state index contributed by atoms with van der Waals surface area (Å²) in [7, 11) is 0. The van der Waals surface area contributed by atoms with Crippen molar-refractivity contribution in [2.75, 3.05) is 18.0 Å². The molecule has 0 spiro atoms. The first-order valence-corrected chi connectivity index (χ1v) is 5.93. The van der Waals surface area contributed by atoms with Gasteiger partial charge in [0.1, 0.15) is 0 Å². The van der Waals surface area contributed by atoms with Crippen LogP contribution in [0.15, 0.2) is 23.3 Å². The molecule has 1 saturated heterocycles. The van der Waals surface area contributed by atoms with E-state index in [4.69, 9.17) is 0 Å². The Morgan fingerprint density at radius 3 is 2.88 bits per heavy atom. The second-order valence-corrected chi connectivity index (χ2v) is 4.33. The Morgan fingerprint density at radius 1 is 1.24 bits per heavy atom. The summed E-state index contributed by atoms with van der Waals surface area (Å²) < 4.78 is 0. The second-order valence-electron chi connectivity index (χ2n) is 4.33. The molecular weight excluding hydrogens is 216 g/mol. The smallest absolute Gasteiger partial charge is 0.260 e. The zero-order chi connectivity index (χ0) is 11.7. The standard InChI is InChI=1S/C12H14N4O/c17-11-9-4-5-13-8-10(9)14-12(15-11)16-6-2-1-3-7-16/h4-5,8H,1-3,6-7H2,(H,14,15,17). The number of H-pyrrole nitrogens is 1. The highest BCUT2D eigenvalue weighted by Gasteiger charge is 2.14. The van der Waals surface area contributed by atoms with Gasteiger partial charge in [0.15, 0.2) is 0 Å². The highest BCUT2D eigenvalue weighted by molar-refractivity contribution is 5.77. The van der Waals surface area contributed by atoms with Crippen LogP contribution >= 0.6 is 0 Å². The summed E-state index contributed by atoms with van der Waals surface area (Å²) in [6.07, 6.45) is 6.83. The SMILES string of the molecule is O=c1[nH]c(N2CCCCC2)nc2cnccc12. The van der Waals surface area contributed by atoms with Crippen molar-refractivity contribution in [3.05, 3.63) is 28.8 Å². The molecule has 0 saturated carbocycles. The van der Waals surface area contributed by atoms with Gasteiger partial charge in [-0.1, -0.05) is 0 Å². The lowest BCUT2D eigenvalue weighted by molar-refractivity contribution is 0.568. The molecule has 0 bridgehead atoms. The molecule has 0 aromatic carbocycles. The van der Waals surface area contributed by atoms with Crippen LogP contribution in [0.25, 0.3) is 10.9 Å². The maximum Gasteiger partial charge on any atom is 0.260 e. The van der Waals surface area contributed by atoms with Crippen molar-refractivity contribution in [2.24, 2.45) is 0 Å². The number of anilines is 1. The van der Waals surface area contributed by atoms with Crippen LogP contribution in [0.2, 0.25) is 0 Å². The average Bonchev–Trinajstić information content (AvgIpc) is 2.40. The Kier molecular flexibility index (Phi) is 2.51. The minimum atomic E-state index is -0.0852. The minimum Gasteiger partial charge on any atom is -0.342 e. The van der Waals surface area contributed by atoms with E-state index in [1.54, 1.807) is 18.5 Å². The van der Waals surface area contributed by atoms with Crippen LogP contribution in [-0.2, 0) is 0 Å². The maximum absolute atomic E-state index is 11.9. The molecular formula is C12H14N4O. The molecule has 5 nitrogen and oxygen atoms in total. The molecule has 0 amide bonds. The number of piperidine rings is 1. The molecule has 0 radical (unpaired) electrons. The third-order valence-electron chi connectivity index (χ3n) is 3.15. The van der Waals surface area contributed by atoms with Crippen molar-refractivity contribution in [2.45, 2.75) is 19.3 Å². The highest BCUT2D eigenvalue weighted by Crippen LogP contribution is 2.16. The number of pyridine rings is 1. The summed E-state index contributed by atoms with van der Waals surface area (Å²) in [5, 5.41) is 0.598. The van der Waals surface area contributed by atoms with E-state index in [0.29, 0.717) is 16.9 Å². The molecule has 1 fully saturated rings. The van der Waals surface area contributed by atoms with E-state index in [9.17, 15) is 4.79 Å². The Labute approximate surface area is 98.5 Å². The summed E-state index contributed by atoms with van der Waals surface area (Å²) in [6.45, 7) is 1.93. The van der Waals surface area contributed by atoms with Crippen LogP contribution in [0.1, 0.15) is 19.3 Å². The predicted molar refractivity (Wildman–Crippen MR) is 66.2 cm³/mol. The van der Waals surface area contributed by atoms with E-state index in [1.807, 2.05) is 0 Å². The van der Waals surface area contributed by atoms with Crippen LogP contribution in [0.4, 0.5) is 5.95 Å². The number of hydrogen-bond acceptors (Lipinski definition) is 4. The zero-order valence-corrected chi connectivity index (χ0v) is 9.52. The lowest BCUT2D eigenvalue weighted by Gasteiger charge is -2.26. The van der Waals surface area contributed by atoms with E-state index in [0.717, 1.165) is 25.9 Å². The molecule has 1 aliphatic rings. The monoisotopic (exact) mass is 230 g/mol. The molecule has 88 valence electrons. The third-order valence-corrected chi connectivity index (χ3v) is 3.15. The van der Waals surface area contributed by atoms with Crippen molar-refractivity contribution in [1.82, 2.24) is 15.0 Å². The van der Waals surface area contributed by atoms with Gasteiger partial charge in [-0.3, -0.25) is 14.8 Å². The van der Waals surface area contributed by atoms with Gasteiger partial charge >= 0.3 is 0 Å². The number of fused-ring (bicyclic) bond motifs is 1. The number of aromatic nitrogens is 3. The molecule has 1 N–H and O–H groups in total. The fourth-order valence-electron chi connectivity index (χ4n) is 2.23. The van der Waals surface area contributed by atoms with Gasteiger partial charge in [0, 0.05) is 19.3 Å². The van der Waals surface area contributed by atoms with Crippen molar-refractivity contribution >= 4 is 16.9 Å². The lowest BCUT2D eigenvalue weighted by Crippen LogP contribution is -2.32. The first kappa shape index (κ1) is 10.3. The molecule has 1 aliphatic heterocycles. The zero-order valence-electron chi connectivity index (χ0n) is 9.52. The first-order chi connectivity index (χ1) is 8.34. The Bertz CT molecular complexity index is 586. The van der Waals surface area contributed by atoms with E-state index in [2.05, 4.69) is 19.9 Å². The van der Waals surface area contributed by atoms with E-state index in [-0.39, 0.29) is 5.56 Å². The van der Waals surface area contributed by atoms with E-state index >= 15 is 0 Å². The summed E-state index contributed by atoms with van der Waals surface area (Å²) in [5.41, 5.74) is 0.579. The molecule has 0 unspecified atom stereocenters. The van der Waals surface area contributed by atoms with Gasteiger partial charge in [-0.2, -0.15) is 0 Å². The van der Waals surface area contributed by atoms with Crippen molar-refractivity contribution in [1.29, 1.82) is 0 Å². The molecule has 0 aliphatic carbocycles. The average molecular weight is 230 g/mol. The van der Waals surface area contributed by atoms with Crippen LogP contribution in [-0.4, -0.2) is 28.0 Å². The highest BCUT2D eigenvalue weighted by atomic mass is 16.1. The van der Waals surface area contributed by atoms with E-state index < -0.39 is 0 Å². The van der Waals surface area contributed by atoms with Crippen molar-refractivity contribution in [3.8, 4) is 0 Å². The number of hydrogen-bond donors (Lipinski definition) is 1.